The molecule has 0 amide bonds. The lowest BCUT2D eigenvalue weighted by molar-refractivity contribution is 0.281. The second-order valence-corrected chi connectivity index (χ2v) is 2.66. The molecule has 2 nitrogen and oxygen atoms in total. The Hall–Kier alpha value is -0.600. The van der Waals surface area contributed by atoms with Crippen LogP contribution in [0.1, 0.15) is 18.1 Å². The number of aromatic nitrogens is 1. The summed E-state index contributed by atoms with van der Waals surface area (Å²) in [6, 6.07) is 1.87. The highest BCUT2D eigenvalue weighted by Crippen LogP contribution is 2.14. The van der Waals surface area contributed by atoms with Gasteiger partial charge in [0, 0.05) is 11.8 Å². The van der Waals surface area contributed by atoms with Gasteiger partial charge < -0.3 is 5.11 Å². The van der Waals surface area contributed by atoms with E-state index in [-0.39, 0.29) is 6.61 Å². The summed E-state index contributed by atoms with van der Waals surface area (Å²) in [6.07, 6.45) is 2.64. The largest absolute Gasteiger partial charge is 0.392 e. The maximum absolute atomic E-state index is 8.81. The molecule has 11 heavy (non-hydrogen) atoms. The van der Waals surface area contributed by atoms with Gasteiger partial charge in [-0.2, -0.15) is 0 Å². The van der Waals surface area contributed by atoms with Crippen molar-refractivity contribution < 1.29 is 5.11 Å². The molecule has 1 aromatic rings. The van der Waals surface area contributed by atoms with Crippen molar-refractivity contribution in [3.05, 3.63) is 28.5 Å². The van der Waals surface area contributed by atoms with Crippen LogP contribution in [-0.2, 0) is 13.0 Å². The highest BCUT2D eigenvalue weighted by Gasteiger charge is 2.00. The fraction of sp³-hybridized carbons (Fsp3) is 0.375. The normalized spacial score (nSPS) is 10.1. The SMILES string of the molecule is CCc1cnc(Cl)c(CO)c1. The van der Waals surface area contributed by atoms with E-state index in [1.54, 1.807) is 6.20 Å². The first-order chi connectivity index (χ1) is 5.27. The second kappa shape index (κ2) is 3.69. The predicted octanol–water partition coefficient (Wildman–Crippen LogP) is 1.79. The average molecular weight is 172 g/mol. The van der Waals surface area contributed by atoms with Crippen molar-refractivity contribution in [2.24, 2.45) is 0 Å². The molecule has 1 heterocycles. The maximum Gasteiger partial charge on any atom is 0.134 e. The van der Waals surface area contributed by atoms with E-state index in [1.165, 1.54) is 0 Å². The molecule has 0 saturated heterocycles. The topological polar surface area (TPSA) is 33.1 Å². The third kappa shape index (κ3) is 1.91. The van der Waals surface area contributed by atoms with E-state index in [1.807, 2.05) is 13.0 Å². The van der Waals surface area contributed by atoms with Gasteiger partial charge in [0.05, 0.1) is 6.61 Å². The third-order valence-electron chi connectivity index (χ3n) is 1.55. The second-order valence-electron chi connectivity index (χ2n) is 2.31. The standard InChI is InChI=1S/C8H10ClNO/c1-2-6-3-7(5-11)8(9)10-4-6/h3-4,11H,2,5H2,1H3. The highest BCUT2D eigenvalue weighted by molar-refractivity contribution is 6.30. The molecule has 0 aromatic carbocycles. The zero-order valence-corrected chi connectivity index (χ0v) is 7.10. The van der Waals surface area contributed by atoms with Gasteiger partial charge in [-0.1, -0.05) is 18.5 Å². The molecule has 0 aliphatic heterocycles. The molecular formula is C8H10ClNO. The van der Waals surface area contributed by atoms with Gasteiger partial charge in [-0.3, -0.25) is 0 Å². The van der Waals surface area contributed by atoms with Crippen molar-refractivity contribution in [3.63, 3.8) is 0 Å². The lowest BCUT2D eigenvalue weighted by atomic mass is 10.2. The number of hydrogen-bond acceptors (Lipinski definition) is 2. The Morgan fingerprint density at radius 3 is 2.91 bits per heavy atom. The van der Waals surface area contributed by atoms with Crippen LogP contribution < -0.4 is 0 Å². The Morgan fingerprint density at radius 2 is 2.36 bits per heavy atom. The molecule has 0 bridgehead atoms. The van der Waals surface area contributed by atoms with Gasteiger partial charge in [0.1, 0.15) is 5.15 Å². The monoisotopic (exact) mass is 171 g/mol. The number of hydrogen-bond donors (Lipinski definition) is 1. The van der Waals surface area contributed by atoms with Crippen molar-refractivity contribution in [3.8, 4) is 0 Å². The summed E-state index contributed by atoms with van der Waals surface area (Å²) in [6.45, 7) is 1.99. The summed E-state index contributed by atoms with van der Waals surface area (Å²) in [5, 5.41) is 9.21. The Balaban J connectivity index is 3.02. The molecule has 0 aliphatic rings. The molecule has 0 fully saturated rings. The number of halogens is 1. The van der Waals surface area contributed by atoms with Crippen LogP contribution in [0.4, 0.5) is 0 Å². The van der Waals surface area contributed by atoms with E-state index in [0.717, 1.165) is 12.0 Å². The molecule has 0 radical (unpaired) electrons. The zero-order chi connectivity index (χ0) is 8.27. The minimum atomic E-state index is -0.0420. The number of aliphatic hydroxyl groups excluding tert-OH is 1. The van der Waals surface area contributed by atoms with E-state index in [0.29, 0.717) is 10.7 Å². The Morgan fingerprint density at radius 1 is 1.64 bits per heavy atom. The van der Waals surface area contributed by atoms with Crippen molar-refractivity contribution in [2.75, 3.05) is 0 Å². The smallest absolute Gasteiger partial charge is 0.134 e. The van der Waals surface area contributed by atoms with Crippen LogP contribution in [-0.4, -0.2) is 10.1 Å². The minimum absolute atomic E-state index is 0.0420. The number of aryl methyl sites for hydroxylation is 1. The fourth-order valence-corrected chi connectivity index (χ4v) is 1.01. The van der Waals surface area contributed by atoms with E-state index < -0.39 is 0 Å². The van der Waals surface area contributed by atoms with Crippen LogP contribution in [0, 0.1) is 0 Å². The molecule has 0 saturated carbocycles. The first-order valence-electron chi connectivity index (χ1n) is 3.52. The summed E-state index contributed by atoms with van der Waals surface area (Å²) in [5.41, 5.74) is 1.80. The van der Waals surface area contributed by atoms with Gasteiger partial charge in [-0.05, 0) is 18.1 Å². The van der Waals surface area contributed by atoms with Crippen molar-refractivity contribution in [1.29, 1.82) is 0 Å². The van der Waals surface area contributed by atoms with E-state index >= 15 is 0 Å². The van der Waals surface area contributed by atoms with Gasteiger partial charge in [-0.25, -0.2) is 4.98 Å². The summed E-state index contributed by atoms with van der Waals surface area (Å²) in [4.78, 5) is 3.93. The average Bonchev–Trinajstić information content (AvgIpc) is 2.05. The highest BCUT2D eigenvalue weighted by atomic mass is 35.5. The van der Waals surface area contributed by atoms with Crippen LogP contribution in [0.3, 0.4) is 0 Å². The fourth-order valence-electron chi connectivity index (χ4n) is 0.847. The van der Waals surface area contributed by atoms with Gasteiger partial charge in [0.25, 0.3) is 0 Å². The number of rotatable bonds is 2. The van der Waals surface area contributed by atoms with E-state index in [2.05, 4.69) is 4.98 Å². The summed E-state index contributed by atoms with van der Waals surface area (Å²) < 4.78 is 0. The molecule has 0 atom stereocenters. The van der Waals surface area contributed by atoms with Crippen LogP contribution in [0.25, 0.3) is 0 Å². The predicted molar refractivity (Wildman–Crippen MR) is 44.5 cm³/mol. The van der Waals surface area contributed by atoms with Crippen LogP contribution >= 0.6 is 11.6 Å². The van der Waals surface area contributed by atoms with E-state index in [9.17, 15) is 0 Å². The molecule has 0 spiro atoms. The molecule has 3 heteroatoms. The van der Waals surface area contributed by atoms with Gasteiger partial charge >= 0.3 is 0 Å². The maximum atomic E-state index is 8.81. The number of nitrogens with zero attached hydrogens (tertiary/aromatic N) is 1. The minimum Gasteiger partial charge on any atom is -0.392 e. The first-order valence-corrected chi connectivity index (χ1v) is 3.90. The Labute approximate surface area is 70.8 Å². The molecule has 1 N–H and O–H groups in total. The van der Waals surface area contributed by atoms with Crippen molar-refractivity contribution in [2.45, 2.75) is 20.0 Å². The Bertz CT molecular complexity index is 250. The third-order valence-corrected chi connectivity index (χ3v) is 1.89. The van der Waals surface area contributed by atoms with Gasteiger partial charge in [0.2, 0.25) is 0 Å². The summed E-state index contributed by atoms with van der Waals surface area (Å²) in [7, 11) is 0. The van der Waals surface area contributed by atoms with Gasteiger partial charge in [0.15, 0.2) is 0 Å². The van der Waals surface area contributed by atoms with Gasteiger partial charge in [-0.15, -0.1) is 0 Å². The molecule has 0 unspecified atom stereocenters. The van der Waals surface area contributed by atoms with Crippen LogP contribution in [0.2, 0.25) is 5.15 Å². The first kappa shape index (κ1) is 8.50. The quantitative estimate of drug-likeness (QED) is 0.689. The summed E-state index contributed by atoms with van der Waals surface area (Å²) in [5.74, 6) is 0. The molecule has 1 rings (SSSR count). The molecule has 1 aromatic heterocycles. The Kier molecular flexibility index (Phi) is 2.85. The lowest BCUT2D eigenvalue weighted by Crippen LogP contribution is -1.91. The number of aliphatic hydroxyl groups is 1. The van der Waals surface area contributed by atoms with Crippen molar-refractivity contribution in [1.82, 2.24) is 4.98 Å². The molecule has 60 valence electrons. The zero-order valence-electron chi connectivity index (χ0n) is 6.34. The number of pyridine rings is 1. The molecular weight excluding hydrogens is 162 g/mol. The molecule has 0 aliphatic carbocycles. The lowest BCUT2D eigenvalue weighted by Gasteiger charge is -2.01. The van der Waals surface area contributed by atoms with Crippen LogP contribution in [0.5, 0.6) is 0 Å². The van der Waals surface area contributed by atoms with Crippen molar-refractivity contribution >= 4 is 11.6 Å². The van der Waals surface area contributed by atoms with Crippen LogP contribution in [0.15, 0.2) is 12.3 Å². The summed E-state index contributed by atoms with van der Waals surface area (Å²) >= 11 is 5.68. The van der Waals surface area contributed by atoms with E-state index in [4.69, 9.17) is 16.7 Å².